The number of halogens is 2. The summed E-state index contributed by atoms with van der Waals surface area (Å²) in [6, 6.07) is 12.2. The molecule has 1 heterocycles. The molecule has 0 bridgehead atoms. The maximum absolute atomic E-state index is 12.6. The van der Waals surface area contributed by atoms with Gasteiger partial charge in [0.1, 0.15) is 0 Å². The predicted octanol–water partition coefficient (Wildman–Crippen LogP) is 6.52. The molecule has 0 spiro atoms. The number of piperidine rings is 1. The van der Waals surface area contributed by atoms with Crippen molar-refractivity contribution in [3.8, 4) is 0 Å². The van der Waals surface area contributed by atoms with E-state index in [1.54, 1.807) is 16.7 Å². The van der Waals surface area contributed by atoms with Crippen molar-refractivity contribution in [1.82, 2.24) is 4.90 Å². The fourth-order valence-electron chi connectivity index (χ4n) is 3.79. The maximum Gasteiger partial charge on any atom is 0.306 e. The van der Waals surface area contributed by atoms with Gasteiger partial charge in [-0.1, -0.05) is 73.1 Å². The van der Waals surface area contributed by atoms with Crippen LogP contribution in [-0.2, 0) is 16.0 Å². The third-order valence-corrected chi connectivity index (χ3v) is 7.88. The number of hydrogen-bond donors (Lipinski definition) is 1. The standard InChI is InChI=1S/C24H27Cl2NO3S/c1-15(2)18-5-3-4-6-19(18)31-20-9-7-16(22(25)23(20)26)8-10-21(28)27-13-11-17(12-14-27)24(29)30/h3-7,9,15,17H,8,10-14H2,1-2H3,(H,29,30). The van der Waals surface area contributed by atoms with Crippen LogP contribution < -0.4 is 0 Å². The van der Waals surface area contributed by atoms with Crippen LogP contribution in [0.3, 0.4) is 0 Å². The highest BCUT2D eigenvalue weighted by Crippen LogP contribution is 2.41. The number of hydrogen-bond acceptors (Lipinski definition) is 3. The lowest BCUT2D eigenvalue weighted by Crippen LogP contribution is -2.40. The van der Waals surface area contributed by atoms with Crippen molar-refractivity contribution in [1.29, 1.82) is 0 Å². The Morgan fingerprint density at radius 2 is 1.74 bits per heavy atom. The Bertz CT molecular complexity index is 956. The first-order chi connectivity index (χ1) is 14.8. The molecule has 0 saturated carbocycles. The Morgan fingerprint density at radius 3 is 2.39 bits per heavy atom. The summed E-state index contributed by atoms with van der Waals surface area (Å²) in [6.45, 7) is 5.32. The Labute approximate surface area is 197 Å². The lowest BCUT2D eigenvalue weighted by atomic mass is 9.96. The van der Waals surface area contributed by atoms with E-state index in [9.17, 15) is 9.59 Å². The van der Waals surface area contributed by atoms with E-state index in [1.165, 1.54) is 5.56 Å². The number of carbonyl (C=O) groups is 2. The van der Waals surface area contributed by atoms with Crippen LogP contribution in [0.1, 0.15) is 50.2 Å². The Morgan fingerprint density at radius 1 is 1.06 bits per heavy atom. The average Bonchev–Trinajstić information content (AvgIpc) is 2.76. The van der Waals surface area contributed by atoms with Gasteiger partial charge in [0.05, 0.1) is 16.0 Å². The molecule has 7 heteroatoms. The van der Waals surface area contributed by atoms with Gasteiger partial charge >= 0.3 is 5.97 Å². The van der Waals surface area contributed by atoms with Crippen LogP contribution in [0.4, 0.5) is 0 Å². The molecular formula is C24H27Cl2NO3S. The molecule has 0 radical (unpaired) electrons. The van der Waals surface area contributed by atoms with Gasteiger partial charge in [-0.05, 0) is 48.4 Å². The van der Waals surface area contributed by atoms with E-state index in [1.807, 2.05) is 24.3 Å². The summed E-state index contributed by atoms with van der Waals surface area (Å²) in [4.78, 5) is 27.4. The van der Waals surface area contributed by atoms with Crippen molar-refractivity contribution >= 4 is 46.8 Å². The van der Waals surface area contributed by atoms with Crippen LogP contribution in [-0.4, -0.2) is 35.0 Å². The molecule has 4 nitrogen and oxygen atoms in total. The Hall–Kier alpha value is -1.69. The van der Waals surface area contributed by atoms with Crippen molar-refractivity contribution in [2.75, 3.05) is 13.1 Å². The van der Waals surface area contributed by atoms with E-state index in [0.29, 0.717) is 54.7 Å². The zero-order chi connectivity index (χ0) is 22.5. The molecule has 0 aliphatic carbocycles. The molecule has 166 valence electrons. The molecular weight excluding hydrogens is 453 g/mol. The summed E-state index contributed by atoms with van der Waals surface area (Å²) in [7, 11) is 0. The minimum atomic E-state index is -0.775. The lowest BCUT2D eigenvalue weighted by Gasteiger charge is -2.30. The van der Waals surface area contributed by atoms with Gasteiger partial charge in [-0.2, -0.15) is 0 Å². The molecule has 31 heavy (non-hydrogen) atoms. The lowest BCUT2D eigenvalue weighted by molar-refractivity contribution is -0.145. The molecule has 2 aromatic carbocycles. The monoisotopic (exact) mass is 479 g/mol. The molecule has 0 aromatic heterocycles. The number of amides is 1. The van der Waals surface area contributed by atoms with Gasteiger partial charge in [0, 0.05) is 29.3 Å². The molecule has 1 amide bonds. The van der Waals surface area contributed by atoms with Crippen molar-refractivity contribution in [2.45, 2.75) is 55.2 Å². The van der Waals surface area contributed by atoms with Gasteiger partial charge in [-0.15, -0.1) is 0 Å². The van der Waals surface area contributed by atoms with Crippen LogP contribution in [0.2, 0.25) is 10.0 Å². The second-order valence-corrected chi connectivity index (χ2v) is 9.98. The smallest absolute Gasteiger partial charge is 0.306 e. The van der Waals surface area contributed by atoms with Gasteiger partial charge in [0.15, 0.2) is 0 Å². The van der Waals surface area contributed by atoms with Crippen LogP contribution >= 0.6 is 35.0 Å². The van der Waals surface area contributed by atoms with Gasteiger partial charge in [-0.3, -0.25) is 9.59 Å². The number of likely N-dealkylation sites (tertiary alicyclic amines) is 1. The van der Waals surface area contributed by atoms with Crippen molar-refractivity contribution in [3.05, 3.63) is 57.6 Å². The molecule has 3 rings (SSSR count). The number of carboxylic acids is 1. The second kappa shape index (κ2) is 10.8. The molecule has 1 aliphatic heterocycles. The zero-order valence-corrected chi connectivity index (χ0v) is 20.1. The highest BCUT2D eigenvalue weighted by atomic mass is 35.5. The SMILES string of the molecule is CC(C)c1ccccc1Sc1ccc(CCC(=O)N2CCC(C(=O)O)CC2)c(Cl)c1Cl. The summed E-state index contributed by atoms with van der Waals surface area (Å²) in [5.74, 6) is -0.685. The third kappa shape index (κ3) is 5.97. The highest BCUT2D eigenvalue weighted by Gasteiger charge is 2.27. The number of carboxylic acid groups (broad SMARTS) is 1. The zero-order valence-electron chi connectivity index (χ0n) is 17.7. The number of benzene rings is 2. The van der Waals surface area contributed by atoms with Gasteiger partial charge in [0.25, 0.3) is 0 Å². The van der Waals surface area contributed by atoms with Crippen LogP contribution in [0, 0.1) is 5.92 Å². The molecule has 1 saturated heterocycles. The number of nitrogens with zero attached hydrogens (tertiary/aromatic N) is 1. The summed E-state index contributed by atoms with van der Waals surface area (Å²) >= 11 is 14.7. The van der Waals surface area contributed by atoms with Crippen LogP contribution in [0.25, 0.3) is 0 Å². The first kappa shape index (κ1) is 24.0. The van der Waals surface area contributed by atoms with Gasteiger partial charge < -0.3 is 10.0 Å². The Balaban J connectivity index is 1.63. The number of aliphatic carboxylic acids is 1. The topological polar surface area (TPSA) is 57.6 Å². The van der Waals surface area contributed by atoms with E-state index < -0.39 is 5.97 Å². The van der Waals surface area contributed by atoms with E-state index in [2.05, 4.69) is 26.0 Å². The fraction of sp³-hybridized carbons (Fsp3) is 0.417. The van der Waals surface area contributed by atoms with E-state index in [-0.39, 0.29) is 11.8 Å². The van der Waals surface area contributed by atoms with E-state index in [4.69, 9.17) is 28.3 Å². The second-order valence-electron chi connectivity index (χ2n) is 8.14. The van der Waals surface area contributed by atoms with Crippen LogP contribution in [0.5, 0.6) is 0 Å². The predicted molar refractivity (Wildman–Crippen MR) is 126 cm³/mol. The van der Waals surface area contributed by atoms with Crippen molar-refractivity contribution in [3.63, 3.8) is 0 Å². The Kier molecular flexibility index (Phi) is 8.31. The van der Waals surface area contributed by atoms with Gasteiger partial charge in [-0.25, -0.2) is 0 Å². The average molecular weight is 480 g/mol. The van der Waals surface area contributed by atoms with Crippen molar-refractivity contribution < 1.29 is 14.7 Å². The third-order valence-electron chi connectivity index (χ3n) is 5.69. The fourth-order valence-corrected chi connectivity index (χ4v) is 5.54. The summed E-state index contributed by atoms with van der Waals surface area (Å²) < 4.78 is 0. The maximum atomic E-state index is 12.6. The normalized spacial score (nSPS) is 14.8. The largest absolute Gasteiger partial charge is 0.481 e. The minimum absolute atomic E-state index is 0.0281. The van der Waals surface area contributed by atoms with Gasteiger partial charge in [0.2, 0.25) is 5.91 Å². The number of carbonyl (C=O) groups excluding carboxylic acids is 1. The summed E-state index contributed by atoms with van der Waals surface area (Å²) in [5.41, 5.74) is 2.11. The quantitative estimate of drug-likeness (QED) is 0.490. The molecule has 1 fully saturated rings. The number of aryl methyl sites for hydroxylation is 1. The molecule has 1 N–H and O–H groups in total. The molecule has 0 unspecified atom stereocenters. The van der Waals surface area contributed by atoms with Crippen LogP contribution in [0.15, 0.2) is 46.2 Å². The van der Waals surface area contributed by atoms with E-state index in [0.717, 1.165) is 15.4 Å². The van der Waals surface area contributed by atoms with E-state index >= 15 is 0 Å². The first-order valence-corrected chi connectivity index (χ1v) is 12.1. The highest BCUT2D eigenvalue weighted by molar-refractivity contribution is 7.99. The molecule has 2 aromatic rings. The molecule has 0 atom stereocenters. The first-order valence-electron chi connectivity index (χ1n) is 10.5. The molecule has 1 aliphatic rings. The minimum Gasteiger partial charge on any atom is -0.481 e. The summed E-state index contributed by atoms with van der Waals surface area (Å²) in [6.07, 6.45) is 1.86. The van der Waals surface area contributed by atoms with Crippen molar-refractivity contribution in [2.24, 2.45) is 5.92 Å². The number of rotatable bonds is 7. The summed E-state index contributed by atoms with van der Waals surface area (Å²) in [5, 5.41) is 10.1.